The highest BCUT2D eigenvalue weighted by Gasteiger charge is 2.16. The van der Waals surface area contributed by atoms with E-state index in [4.69, 9.17) is 4.98 Å². The topological polar surface area (TPSA) is 17.3 Å². The maximum atomic E-state index is 5.05. The lowest BCUT2D eigenvalue weighted by Gasteiger charge is -2.09. The zero-order chi connectivity index (χ0) is 26.5. The molecule has 8 rings (SSSR count). The summed E-state index contributed by atoms with van der Waals surface area (Å²) in [6, 6.07) is 49.8. The van der Waals surface area contributed by atoms with E-state index in [2.05, 4.69) is 144 Å². The second kappa shape index (κ2) is 9.33. The van der Waals surface area contributed by atoms with Crippen LogP contribution in [0.3, 0.4) is 0 Å². The number of fused-ring (bicyclic) bond motifs is 4. The van der Waals surface area contributed by atoms with Crippen LogP contribution in [0.25, 0.3) is 70.6 Å². The predicted molar refractivity (Wildman–Crippen MR) is 170 cm³/mol. The number of pyridine rings is 1. The Morgan fingerprint density at radius 3 is 1.95 bits per heavy atom. The normalized spacial score (nSPS) is 11.5. The van der Waals surface area contributed by atoms with Gasteiger partial charge in [0.1, 0.15) is 5.65 Å². The van der Waals surface area contributed by atoms with Crippen LogP contribution in [0, 0.1) is 0 Å². The summed E-state index contributed by atoms with van der Waals surface area (Å²) in [6.45, 7) is 0. The Bertz CT molecular complexity index is 2150. The Kier molecular flexibility index (Phi) is 5.35. The number of imidazole rings is 1. The van der Waals surface area contributed by atoms with Crippen molar-refractivity contribution in [1.29, 1.82) is 0 Å². The van der Waals surface area contributed by atoms with Crippen LogP contribution in [0.15, 0.2) is 146 Å². The van der Waals surface area contributed by atoms with Gasteiger partial charge in [-0.05, 0) is 52.6 Å². The van der Waals surface area contributed by atoms with Gasteiger partial charge in [-0.2, -0.15) is 0 Å². The fraction of sp³-hybridized carbons (Fsp3) is 0. The van der Waals surface area contributed by atoms with Gasteiger partial charge in [-0.1, -0.05) is 109 Å². The minimum atomic E-state index is 0.946. The van der Waals surface area contributed by atoms with Gasteiger partial charge in [0.05, 0.1) is 11.4 Å². The first kappa shape index (κ1) is 22.9. The van der Waals surface area contributed by atoms with Crippen LogP contribution >= 0.6 is 11.3 Å². The summed E-state index contributed by atoms with van der Waals surface area (Å²) in [5, 5.41) is 2.67. The predicted octanol–water partition coefficient (Wildman–Crippen LogP) is 10.4. The molecule has 8 aromatic rings. The van der Waals surface area contributed by atoms with Crippen molar-refractivity contribution in [3.05, 3.63) is 146 Å². The number of aromatic nitrogens is 2. The van der Waals surface area contributed by atoms with Crippen LogP contribution in [0.4, 0.5) is 0 Å². The van der Waals surface area contributed by atoms with Gasteiger partial charge < -0.3 is 0 Å². The molecule has 3 heteroatoms. The summed E-state index contributed by atoms with van der Waals surface area (Å²) in [7, 11) is 0. The largest absolute Gasteiger partial charge is 0.299 e. The molecule has 0 N–H and O–H groups in total. The molecule has 0 aliphatic heterocycles. The Labute approximate surface area is 236 Å². The Morgan fingerprint density at radius 2 is 1.10 bits per heavy atom. The third-order valence-corrected chi connectivity index (χ3v) is 8.78. The summed E-state index contributed by atoms with van der Waals surface area (Å²) in [5.41, 5.74) is 10.2. The Morgan fingerprint density at radius 1 is 0.450 bits per heavy atom. The van der Waals surface area contributed by atoms with Crippen molar-refractivity contribution >= 4 is 37.2 Å². The maximum absolute atomic E-state index is 5.05. The van der Waals surface area contributed by atoms with E-state index in [1.165, 1.54) is 42.4 Å². The van der Waals surface area contributed by atoms with Gasteiger partial charge in [0.25, 0.3) is 0 Å². The van der Waals surface area contributed by atoms with E-state index >= 15 is 0 Å². The Balaban J connectivity index is 1.17. The van der Waals surface area contributed by atoms with Crippen molar-refractivity contribution in [3.8, 4) is 44.8 Å². The fourth-order valence-corrected chi connectivity index (χ4v) is 6.82. The molecule has 5 aromatic carbocycles. The van der Waals surface area contributed by atoms with Gasteiger partial charge in [0.15, 0.2) is 0 Å². The maximum Gasteiger partial charge on any atom is 0.137 e. The minimum Gasteiger partial charge on any atom is -0.299 e. The molecular formula is C37H24N2S. The van der Waals surface area contributed by atoms with Crippen molar-refractivity contribution in [3.63, 3.8) is 0 Å². The second-order valence-corrected chi connectivity index (χ2v) is 11.2. The zero-order valence-electron chi connectivity index (χ0n) is 21.7. The lowest BCUT2D eigenvalue weighted by atomic mass is 9.97. The van der Waals surface area contributed by atoms with Crippen LogP contribution in [-0.2, 0) is 0 Å². The van der Waals surface area contributed by atoms with Crippen molar-refractivity contribution < 1.29 is 0 Å². The molecule has 0 fully saturated rings. The van der Waals surface area contributed by atoms with Gasteiger partial charge in [0, 0.05) is 37.5 Å². The first-order valence-corrected chi connectivity index (χ1v) is 14.3. The molecule has 0 spiro atoms. The van der Waals surface area contributed by atoms with E-state index in [-0.39, 0.29) is 0 Å². The number of rotatable bonds is 4. The first-order chi connectivity index (χ1) is 19.8. The highest BCUT2D eigenvalue weighted by molar-refractivity contribution is 7.25. The third-order valence-electron chi connectivity index (χ3n) is 7.64. The number of hydrogen-bond donors (Lipinski definition) is 0. The molecule has 3 aromatic heterocycles. The average Bonchev–Trinajstić information content (AvgIpc) is 3.60. The van der Waals surface area contributed by atoms with E-state index in [9.17, 15) is 0 Å². The summed E-state index contributed by atoms with van der Waals surface area (Å²) in [6.07, 6.45) is 2.09. The molecule has 0 atom stereocenters. The number of thiophene rings is 1. The number of nitrogens with zero attached hydrogens (tertiary/aromatic N) is 2. The lowest BCUT2D eigenvalue weighted by molar-refractivity contribution is 1.19. The highest BCUT2D eigenvalue weighted by atomic mass is 32.1. The van der Waals surface area contributed by atoms with Gasteiger partial charge in [-0.3, -0.25) is 4.40 Å². The average molecular weight is 529 g/mol. The molecule has 2 nitrogen and oxygen atoms in total. The molecule has 0 saturated carbocycles. The molecule has 188 valence electrons. The molecule has 40 heavy (non-hydrogen) atoms. The zero-order valence-corrected chi connectivity index (χ0v) is 22.5. The fourth-order valence-electron chi connectivity index (χ4n) is 5.68. The molecule has 0 radical (unpaired) electrons. The minimum absolute atomic E-state index is 0.946. The van der Waals surface area contributed by atoms with Crippen molar-refractivity contribution in [1.82, 2.24) is 9.38 Å². The molecule has 0 bridgehead atoms. The summed E-state index contributed by atoms with van der Waals surface area (Å²) in [5.74, 6) is 0. The molecule has 0 saturated heterocycles. The van der Waals surface area contributed by atoms with Crippen LogP contribution < -0.4 is 0 Å². The standard InChI is InChI=1S/C37H24N2S/c1-2-9-27(10-3-1)37-36(38-35-15-6-7-22-39(35)37)30-12-8-11-28(23-30)25-16-18-26(19-17-25)29-20-21-32-31-13-4-5-14-33(31)40-34(32)24-29/h1-24H. The van der Waals surface area contributed by atoms with E-state index in [1.54, 1.807) is 0 Å². The van der Waals surface area contributed by atoms with Crippen LogP contribution in [0.2, 0.25) is 0 Å². The molecule has 0 amide bonds. The quantitative estimate of drug-likeness (QED) is 0.222. The van der Waals surface area contributed by atoms with E-state index in [1.807, 2.05) is 17.4 Å². The summed E-state index contributed by atoms with van der Waals surface area (Å²) < 4.78 is 4.85. The van der Waals surface area contributed by atoms with Crippen LogP contribution in [-0.4, -0.2) is 9.38 Å². The van der Waals surface area contributed by atoms with E-state index < -0.39 is 0 Å². The Hall–Kier alpha value is -4.99. The molecule has 0 unspecified atom stereocenters. The van der Waals surface area contributed by atoms with Crippen molar-refractivity contribution in [2.75, 3.05) is 0 Å². The molecule has 0 aliphatic rings. The summed E-state index contributed by atoms with van der Waals surface area (Å²) in [4.78, 5) is 5.05. The molecule has 0 aliphatic carbocycles. The highest BCUT2D eigenvalue weighted by Crippen LogP contribution is 2.37. The molecular weight excluding hydrogens is 504 g/mol. The number of benzene rings is 5. The van der Waals surface area contributed by atoms with Gasteiger partial charge >= 0.3 is 0 Å². The van der Waals surface area contributed by atoms with Crippen LogP contribution in [0.5, 0.6) is 0 Å². The van der Waals surface area contributed by atoms with Crippen molar-refractivity contribution in [2.24, 2.45) is 0 Å². The van der Waals surface area contributed by atoms with E-state index in [0.29, 0.717) is 0 Å². The smallest absolute Gasteiger partial charge is 0.137 e. The monoisotopic (exact) mass is 528 g/mol. The van der Waals surface area contributed by atoms with Gasteiger partial charge in [-0.15, -0.1) is 11.3 Å². The number of hydrogen-bond acceptors (Lipinski definition) is 2. The molecule has 3 heterocycles. The lowest BCUT2D eigenvalue weighted by Crippen LogP contribution is -1.89. The summed E-state index contributed by atoms with van der Waals surface area (Å²) >= 11 is 1.86. The third kappa shape index (κ3) is 3.83. The van der Waals surface area contributed by atoms with Gasteiger partial charge in [0.2, 0.25) is 0 Å². The first-order valence-electron chi connectivity index (χ1n) is 13.5. The van der Waals surface area contributed by atoms with Crippen LogP contribution in [0.1, 0.15) is 0 Å². The van der Waals surface area contributed by atoms with Gasteiger partial charge in [-0.25, -0.2) is 4.98 Å². The van der Waals surface area contributed by atoms with Crippen molar-refractivity contribution in [2.45, 2.75) is 0 Å². The SMILES string of the molecule is c1ccc(-c2c(-c3cccc(-c4ccc(-c5ccc6c(c5)sc5ccccc56)cc4)c3)nc3ccccn23)cc1. The van der Waals surface area contributed by atoms with E-state index in [0.717, 1.165) is 28.2 Å². The second-order valence-electron chi connectivity index (χ2n) is 10.1.